The Bertz CT molecular complexity index is 514. The van der Waals surface area contributed by atoms with Crippen molar-refractivity contribution in [3.05, 3.63) is 24.0 Å². The number of benzene rings is 1. The molecule has 1 rings (SSSR count). The number of hydrogen-bond donors (Lipinski definition) is 2. The normalized spacial score (nSPS) is 12.0. The number of nitrogens with two attached hydrogens (primary N) is 1. The Kier molecular flexibility index (Phi) is 6.34. The van der Waals surface area contributed by atoms with Crippen molar-refractivity contribution in [2.75, 3.05) is 46.1 Å². The van der Waals surface area contributed by atoms with Crippen molar-refractivity contribution in [3.8, 4) is 0 Å². The molecular weight excluding hydrogens is 285 g/mol. The molecule has 0 spiro atoms. The zero-order valence-corrected chi connectivity index (χ0v) is 12.4. The van der Waals surface area contributed by atoms with Crippen LogP contribution in [0.15, 0.2) is 23.1 Å². The monoisotopic (exact) mass is 305 g/mol. The molecule has 0 amide bonds. The van der Waals surface area contributed by atoms with Crippen LogP contribution in [0.4, 0.5) is 10.1 Å². The zero-order valence-electron chi connectivity index (χ0n) is 11.6. The summed E-state index contributed by atoms with van der Waals surface area (Å²) in [5.74, 6) is -0.687. The minimum absolute atomic E-state index is 0.0626. The summed E-state index contributed by atoms with van der Waals surface area (Å²) in [6.07, 6.45) is 0. The van der Waals surface area contributed by atoms with Gasteiger partial charge >= 0.3 is 0 Å². The summed E-state index contributed by atoms with van der Waals surface area (Å²) in [6, 6.07) is 3.19. The lowest BCUT2D eigenvalue weighted by Crippen LogP contribution is -2.28. The van der Waals surface area contributed by atoms with Gasteiger partial charge in [0.25, 0.3) is 0 Å². The van der Waals surface area contributed by atoms with Crippen LogP contribution in [0.1, 0.15) is 0 Å². The van der Waals surface area contributed by atoms with Gasteiger partial charge in [0.05, 0.1) is 18.1 Å². The molecule has 0 fully saturated rings. The summed E-state index contributed by atoms with van der Waals surface area (Å²) in [6.45, 7) is 1.64. The zero-order chi connectivity index (χ0) is 15.2. The number of hydrogen-bond acceptors (Lipinski definition) is 5. The predicted molar refractivity (Wildman–Crippen MR) is 75.4 cm³/mol. The van der Waals surface area contributed by atoms with Gasteiger partial charge in [-0.05, 0) is 32.3 Å². The van der Waals surface area contributed by atoms with Gasteiger partial charge in [0, 0.05) is 18.8 Å². The number of sulfonamides is 1. The molecule has 0 aliphatic rings. The Labute approximate surface area is 118 Å². The smallest absolute Gasteiger partial charge is 0.240 e. The maximum Gasteiger partial charge on any atom is 0.240 e. The number of anilines is 1. The third-order valence-corrected chi connectivity index (χ3v) is 3.87. The largest absolute Gasteiger partial charge is 0.399 e. The number of halogens is 1. The average Bonchev–Trinajstić information content (AvgIpc) is 2.32. The molecule has 1 aromatic rings. The molecule has 20 heavy (non-hydrogen) atoms. The van der Waals surface area contributed by atoms with E-state index >= 15 is 0 Å². The van der Waals surface area contributed by atoms with Crippen LogP contribution in [0.25, 0.3) is 0 Å². The molecule has 3 N–H and O–H groups in total. The third kappa shape index (κ3) is 5.83. The number of likely N-dealkylation sites (N-methyl/N-ethyl adjacent to an activating group) is 1. The van der Waals surface area contributed by atoms with Gasteiger partial charge in [-0.3, -0.25) is 0 Å². The Balaban J connectivity index is 2.46. The first-order valence-corrected chi connectivity index (χ1v) is 7.58. The van der Waals surface area contributed by atoms with E-state index in [1.807, 2.05) is 19.0 Å². The third-order valence-electron chi connectivity index (χ3n) is 2.43. The van der Waals surface area contributed by atoms with E-state index in [2.05, 4.69) is 4.72 Å². The number of nitrogens with one attached hydrogen (secondary N) is 1. The van der Waals surface area contributed by atoms with E-state index in [0.717, 1.165) is 18.7 Å². The van der Waals surface area contributed by atoms with E-state index in [1.54, 1.807) is 0 Å². The lowest BCUT2D eigenvalue weighted by atomic mass is 10.3. The van der Waals surface area contributed by atoms with Crippen LogP contribution in [-0.4, -0.2) is 53.7 Å². The summed E-state index contributed by atoms with van der Waals surface area (Å²) in [5, 5.41) is 0. The highest BCUT2D eigenvalue weighted by Crippen LogP contribution is 2.15. The van der Waals surface area contributed by atoms with E-state index in [-0.39, 0.29) is 23.7 Å². The first kappa shape index (κ1) is 16.8. The fourth-order valence-corrected chi connectivity index (χ4v) is 2.50. The molecule has 0 saturated heterocycles. The van der Waals surface area contributed by atoms with Crippen LogP contribution in [0.2, 0.25) is 0 Å². The predicted octanol–water partition coefficient (Wildman–Crippen LogP) is 0.264. The second-order valence-corrected chi connectivity index (χ2v) is 6.30. The molecule has 0 unspecified atom stereocenters. The van der Waals surface area contributed by atoms with Crippen molar-refractivity contribution in [1.82, 2.24) is 9.62 Å². The van der Waals surface area contributed by atoms with Gasteiger partial charge in [-0.15, -0.1) is 0 Å². The molecule has 0 heterocycles. The lowest BCUT2D eigenvalue weighted by Gasteiger charge is -2.11. The summed E-state index contributed by atoms with van der Waals surface area (Å²) < 4.78 is 44.5. The summed E-state index contributed by atoms with van der Waals surface area (Å²) in [5.41, 5.74) is 5.48. The van der Waals surface area contributed by atoms with Crippen LogP contribution < -0.4 is 10.5 Å². The van der Waals surface area contributed by atoms with Gasteiger partial charge in [0.2, 0.25) is 10.0 Å². The molecule has 0 aliphatic heterocycles. The SMILES string of the molecule is CN(C)CCOCCNS(=O)(=O)c1cc(N)cc(F)c1. The summed E-state index contributed by atoms with van der Waals surface area (Å²) in [7, 11) is 0.0650. The topological polar surface area (TPSA) is 84.7 Å². The fraction of sp³-hybridized carbons (Fsp3) is 0.500. The summed E-state index contributed by atoms with van der Waals surface area (Å²) in [4.78, 5) is 1.77. The fourth-order valence-electron chi connectivity index (χ4n) is 1.42. The average molecular weight is 305 g/mol. The van der Waals surface area contributed by atoms with E-state index in [4.69, 9.17) is 10.5 Å². The van der Waals surface area contributed by atoms with Crippen molar-refractivity contribution in [2.45, 2.75) is 4.90 Å². The van der Waals surface area contributed by atoms with E-state index in [0.29, 0.717) is 6.61 Å². The number of nitrogen functional groups attached to an aromatic ring is 1. The standard InChI is InChI=1S/C12H20FN3O3S/c1-16(2)4-6-19-5-3-15-20(17,18)12-8-10(13)7-11(14)9-12/h7-9,15H,3-6,14H2,1-2H3. The van der Waals surface area contributed by atoms with Gasteiger partial charge in [0.15, 0.2) is 0 Å². The van der Waals surface area contributed by atoms with Crippen LogP contribution >= 0.6 is 0 Å². The second-order valence-electron chi connectivity index (χ2n) is 4.53. The maximum absolute atomic E-state index is 13.1. The van der Waals surface area contributed by atoms with E-state index in [9.17, 15) is 12.8 Å². The Morgan fingerprint density at radius 3 is 2.60 bits per heavy atom. The van der Waals surface area contributed by atoms with Gasteiger partial charge in [-0.1, -0.05) is 0 Å². The van der Waals surface area contributed by atoms with Crippen LogP contribution in [-0.2, 0) is 14.8 Å². The van der Waals surface area contributed by atoms with Crippen molar-refractivity contribution >= 4 is 15.7 Å². The molecule has 0 bridgehead atoms. The van der Waals surface area contributed by atoms with Gasteiger partial charge < -0.3 is 15.4 Å². The van der Waals surface area contributed by atoms with Gasteiger partial charge in [0.1, 0.15) is 5.82 Å². The molecular formula is C12H20FN3O3S. The van der Waals surface area contributed by atoms with Crippen molar-refractivity contribution < 1.29 is 17.5 Å². The Morgan fingerprint density at radius 1 is 1.30 bits per heavy atom. The van der Waals surface area contributed by atoms with E-state index < -0.39 is 15.8 Å². The highest BCUT2D eigenvalue weighted by Gasteiger charge is 2.15. The molecule has 0 atom stereocenters. The molecule has 0 radical (unpaired) electrons. The molecule has 0 aromatic heterocycles. The number of rotatable bonds is 8. The molecule has 0 aliphatic carbocycles. The van der Waals surface area contributed by atoms with Gasteiger partial charge in [-0.25, -0.2) is 17.5 Å². The van der Waals surface area contributed by atoms with E-state index in [1.165, 1.54) is 6.07 Å². The summed E-state index contributed by atoms with van der Waals surface area (Å²) >= 11 is 0. The molecule has 114 valence electrons. The van der Waals surface area contributed by atoms with Crippen LogP contribution in [0.5, 0.6) is 0 Å². The second kappa shape index (κ2) is 7.53. The van der Waals surface area contributed by atoms with Crippen LogP contribution in [0.3, 0.4) is 0 Å². The molecule has 1 aromatic carbocycles. The lowest BCUT2D eigenvalue weighted by molar-refractivity contribution is 0.122. The number of nitrogens with zero attached hydrogens (tertiary/aromatic N) is 1. The number of ether oxygens (including phenoxy) is 1. The Morgan fingerprint density at radius 2 is 2.00 bits per heavy atom. The van der Waals surface area contributed by atoms with Crippen LogP contribution in [0, 0.1) is 5.82 Å². The maximum atomic E-state index is 13.1. The van der Waals surface area contributed by atoms with Crippen molar-refractivity contribution in [2.24, 2.45) is 0 Å². The molecule has 6 nitrogen and oxygen atoms in total. The van der Waals surface area contributed by atoms with Gasteiger partial charge in [-0.2, -0.15) is 0 Å². The molecule has 0 saturated carbocycles. The first-order valence-electron chi connectivity index (χ1n) is 6.09. The Hall–Kier alpha value is -1.22. The minimum atomic E-state index is -3.77. The van der Waals surface area contributed by atoms with Crippen molar-refractivity contribution in [3.63, 3.8) is 0 Å². The molecule has 8 heteroatoms. The quantitative estimate of drug-likeness (QED) is 0.532. The van der Waals surface area contributed by atoms with Crippen molar-refractivity contribution in [1.29, 1.82) is 0 Å². The highest BCUT2D eigenvalue weighted by atomic mass is 32.2. The highest BCUT2D eigenvalue weighted by molar-refractivity contribution is 7.89. The first-order chi connectivity index (χ1) is 9.31. The minimum Gasteiger partial charge on any atom is -0.399 e.